The highest BCUT2D eigenvalue weighted by atomic mass is 35.5. The van der Waals surface area contributed by atoms with Gasteiger partial charge in [0.2, 0.25) is 10.0 Å². The molecule has 24 heavy (non-hydrogen) atoms. The second kappa shape index (κ2) is 6.93. The number of amides is 1. The molecule has 0 fully saturated rings. The van der Waals surface area contributed by atoms with Crippen LogP contribution in [0.2, 0.25) is 5.02 Å². The van der Waals surface area contributed by atoms with E-state index in [-0.39, 0.29) is 10.5 Å². The van der Waals surface area contributed by atoms with Crippen LogP contribution in [0.5, 0.6) is 0 Å². The first kappa shape index (κ1) is 18.4. The number of carbonyl (C=O) groups is 1. The molecule has 7 heteroatoms. The van der Waals surface area contributed by atoms with Crippen LogP contribution in [-0.2, 0) is 10.0 Å². The second-order valence-electron chi connectivity index (χ2n) is 5.71. The summed E-state index contributed by atoms with van der Waals surface area (Å²) < 4.78 is 25.5. The summed E-state index contributed by atoms with van der Waals surface area (Å²) in [6.07, 6.45) is 0. The van der Waals surface area contributed by atoms with Gasteiger partial charge in [0.25, 0.3) is 5.91 Å². The predicted molar refractivity (Wildman–Crippen MR) is 96.2 cm³/mol. The molecule has 0 unspecified atom stereocenters. The SMILES string of the molecule is Cc1cc(C)c(NC(=O)c2cccc(S(=O)(=O)N(C)C)c2)c(Cl)c1. The third kappa shape index (κ3) is 3.77. The van der Waals surface area contributed by atoms with E-state index < -0.39 is 15.9 Å². The van der Waals surface area contributed by atoms with Crippen molar-refractivity contribution >= 4 is 33.2 Å². The molecule has 2 aromatic rings. The Hall–Kier alpha value is -1.89. The Morgan fingerprint density at radius 1 is 1.12 bits per heavy atom. The molecule has 0 heterocycles. The number of rotatable bonds is 4. The Balaban J connectivity index is 2.36. The fourth-order valence-corrected chi connectivity index (χ4v) is 3.58. The first-order chi connectivity index (χ1) is 11.1. The molecule has 0 aliphatic heterocycles. The quantitative estimate of drug-likeness (QED) is 0.901. The zero-order valence-corrected chi connectivity index (χ0v) is 15.5. The molecule has 2 rings (SSSR count). The molecule has 0 radical (unpaired) electrons. The van der Waals surface area contributed by atoms with Gasteiger partial charge in [-0.1, -0.05) is 23.7 Å². The van der Waals surface area contributed by atoms with Gasteiger partial charge in [-0.2, -0.15) is 0 Å². The third-order valence-corrected chi connectivity index (χ3v) is 5.65. The summed E-state index contributed by atoms with van der Waals surface area (Å²) >= 11 is 6.19. The van der Waals surface area contributed by atoms with Crippen LogP contribution in [0.25, 0.3) is 0 Å². The van der Waals surface area contributed by atoms with Crippen LogP contribution in [0, 0.1) is 13.8 Å². The van der Waals surface area contributed by atoms with Crippen molar-refractivity contribution < 1.29 is 13.2 Å². The fraction of sp³-hybridized carbons (Fsp3) is 0.235. The number of benzene rings is 2. The van der Waals surface area contributed by atoms with Crippen LogP contribution in [-0.4, -0.2) is 32.7 Å². The molecule has 0 bridgehead atoms. The highest BCUT2D eigenvalue weighted by molar-refractivity contribution is 7.89. The van der Waals surface area contributed by atoms with E-state index in [1.807, 2.05) is 19.9 Å². The van der Waals surface area contributed by atoms with E-state index in [2.05, 4.69) is 5.32 Å². The first-order valence-corrected chi connectivity index (χ1v) is 9.05. The van der Waals surface area contributed by atoms with Gasteiger partial charge in [0, 0.05) is 19.7 Å². The Bertz CT molecular complexity index is 869. The average Bonchev–Trinajstić information content (AvgIpc) is 2.50. The Kier molecular flexibility index (Phi) is 5.32. The number of sulfonamides is 1. The maximum Gasteiger partial charge on any atom is 0.255 e. The molecular weight excluding hydrogens is 348 g/mol. The number of nitrogens with zero attached hydrogens (tertiary/aromatic N) is 1. The van der Waals surface area contributed by atoms with E-state index in [1.165, 1.54) is 32.3 Å². The molecule has 0 spiro atoms. The molecule has 0 saturated heterocycles. The molecule has 0 saturated carbocycles. The molecule has 0 atom stereocenters. The summed E-state index contributed by atoms with van der Waals surface area (Å²) in [6.45, 7) is 3.77. The molecule has 1 N–H and O–H groups in total. The predicted octanol–water partition coefficient (Wildman–Crippen LogP) is 3.46. The summed E-state index contributed by atoms with van der Waals surface area (Å²) in [4.78, 5) is 12.5. The average molecular weight is 367 g/mol. The van der Waals surface area contributed by atoms with E-state index >= 15 is 0 Å². The molecule has 1 amide bonds. The highest BCUT2D eigenvalue weighted by Crippen LogP contribution is 2.28. The van der Waals surface area contributed by atoms with Crippen molar-refractivity contribution in [2.45, 2.75) is 18.7 Å². The number of hydrogen-bond donors (Lipinski definition) is 1. The lowest BCUT2D eigenvalue weighted by Gasteiger charge is -2.14. The van der Waals surface area contributed by atoms with Crippen LogP contribution in [0.3, 0.4) is 0 Å². The zero-order valence-electron chi connectivity index (χ0n) is 13.9. The number of aryl methyl sites for hydroxylation is 2. The van der Waals surface area contributed by atoms with Gasteiger partial charge in [-0.15, -0.1) is 0 Å². The molecule has 0 aromatic heterocycles. The summed E-state index contributed by atoms with van der Waals surface area (Å²) in [5, 5.41) is 3.19. The molecule has 0 aliphatic carbocycles. The third-order valence-electron chi connectivity index (χ3n) is 3.55. The zero-order chi connectivity index (χ0) is 18.1. The number of nitrogens with one attached hydrogen (secondary N) is 1. The van der Waals surface area contributed by atoms with Crippen molar-refractivity contribution in [3.8, 4) is 0 Å². The smallest absolute Gasteiger partial charge is 0.255 e. The van der Waals surface area contributed by atoms with Crippen LogP contribution < -0.4 is 5.32 Å². The van der Waals surface area contributed by atoms with E-state index in [0.29, 0.717) is 10.7 Å². The van der Waals surface area contributed by atoms with Gasteiger partial charge in [0.15, 0.2) is 0 Å². The number of halogens is 1. The van der Waals surface area contributed by atoms with Crippen LogP contribution in [0.1, 0.15) is 21.5 Å². The first-order valence-electron chi connectivity index (χ1n) is 7.23. The molecule has 0 aliphatic rings. The van der Waals surface area contributed by atoms with Gasteiger partial charge in [0.1, 0.15) is 0 Å². The largest absolute Gasteiger partial charge is 0.320 e. The van der Waals surface area contributed by atoms with Gasteiger partial charge < -0.3 is 5.32 Å². The monoisotopic (exact) mass is 366 g/mol. The van der Waals surface area contributed by atoms with E-state index in [9.17, 15) is 13.2 Å². The van der Waals surface area contributed by atoms with E-state index in [1.54, 1.807) is 12.1 Å². The fourth-order valence-electron chi connectivity index (χ4n) is 2.27. The van der Waals surface area contributed by atoms with Gasteiger partial charge in [-0.3, -0.25) is 4.79 Å². The second-order valence-corrected chi connectivity index (χ2v) is 8.27. The minimum atomic E-state index is -3.60. The maximum absolute atomic E-state index is 12.5. The van der Waals surface area contributed by atoms with Gasteiger partial charge in [-0.05, 0) is 49.2 Å². The van der Waals surface area contributed by atoms with E-state index in [0.717, 1.165) is 15.4 Å². The highest BCUT2D eigenvalue weighted by Gasteiger charge is 2.19. The number of carbonyl (C=O) groups excluding carboxylic acids is 1. The lowest BCUT2D eigenvalue weighted by atomic mass is 10.1. The topological polar surface area (TPSA) is 66.5 Å². The molecule has 2 aromatic carbocycles. The standard InChI is InChI=1S/C17H19ClN2O3S/c1-11-8-12(2)16(15(18)9-11)19-17(21)13-6-5-7-14(10-13)24(22,23)20(3)4/h5-10H,1-4H3,(H,19,21). The van der Waals surface area contributed by atoms with Gasteiger partial charge >= 0.3 is 0 Å². The van der Waals surface area contributed by atoms with Crippen LogP contribution >= 0.6 is 11.6 Å². The van der Waals surface area contributed by atoms with Crippen molar-refractivity contribution in [3.63, 3.8) is 0 Å². The minimum Gasteiger partial charge on any atom is -0.320 e. The van der Waals surface area contributed by atoms with E-state index in [4.69, 9.17) is 11.6 Å². The Morgan fingerprint density at radius 2 is 1.79 bits per heavy atom. The minimum absolute atomic E-state index is 0.0619. The normalized spacial score (nSPS) is 11.6. The summed E-state index contributed by atoms with van der Waals surface area (Å²) in [6, 6.07) is 9.57. The van der Waals surface area contributed by atoms with Crippen LogP contribution in [0.15, 0.2) is 41.3 Å². The number of hydrogen-bond acceptors (Lipinski definition) is 3. The summed E-state index contributed by atoms with van der Waals surface area (Å²) in [5.41, 5.74) is 2.60. The lowest BCUT2D eigenvalue weighted by Crippen LogP contribution is -2.22. The van der Waals surface area contributed by atoms with Gasteiger partial charge in [0.05, 0.1) is 15.6 Å². The molecule has 5 nitrogen and oxygen atoms in total. The lowest BCUT2D eigenvalue weighted by molar-refractivity contribution is 0.102. The maximum atomic E-state index is 12.5. The molecular formula is C17H19ClN2O3S. The van der Waals surface area contributed by atoms with Crippen molar-refractivity contribution in [3.05, 3.63) is 58.1 Å². The Morgan fingerprint density at radius 3 is 2.38 bits per heavy atom. The Labute approximate surface area is 147 Å². The number of anilines is 1. The van der Waals surface area contributed by atoms with Crippen LogP contribution in [0.4, 0.5) is 5.69 Å². The summed E-state index contributed by atoms with van der Waals surface area (Å²) in [5.74, 6) is -0.417. The van der Waals surface area contributed by atoms with Crippen molar-refractivity contribution in [2.75, 3.05) is 19.4 Å². The molecule has 128 valence electrons. The van der Waals surface area contributed by atoms with Crippen molar-refractivity contribution in [1.82, 2.24) is 4.31 Å². The summed E-state index contributed by atoms with van der Waals surface area (Å²) in [7, 11) is -0.716. The van der Waals surface area contributed by atoms with Gasteiger partial charge in [-0.25, -0.2) is 12.7 Å². The van der Waals surface area contributed by atoms with Crippen molar-refractivity contribution in [1.29, 1.82) is 0 Å². The van der Waals surface area contributed by atoms with Crippen molar-refractivity contribution in [2.24, 2.45) is 0 Å².